The van der Waals surface area contributed by atoms with Crippen molar-refractivity contribution in [1.82, 2.24) is 0 Å². The molecule has 0 saturated carbocycles. The lowest BCUT2D eigenvalue weighted by molar-refractivity contribution is 0.438. The molecule has 0 radical (unpaired) electrons. The van der Waals surface area contributed by atoms with Crippen molar-refractivity contribution in [2.75, 3.05) is 9.80 Å². The average Bonchev–Trinajstić information content (AvgIpc) is 1.56. The molecular weight excluding hydrogens is 1210 g/mol. The molecular formula is C89H55ClN2OS2. The van der Waals surface area contributed by atoms with Crippen LogP contribution in [0.5, 0.6) is 11.5 Å². The fourth-order valence-corrected chi connectivity index (χ4v) is 18.0. The summed E-state index contributed by atoms with van der Waals surface area (Å²) in [7, 11) is 0. The molecule has 17 aromatic rings. The molecule has 19 rings (SSSR count). The van der Waals surface area contributed by atoms with Gasteiger partial charge in [0.2, 0.25) is 0 Å². The highest BCUT2D eigenvalue weighted by atomic mass is 35.5. The Morgan fingerprint density at radius 2 is 0.863 bits per heavy atom. The van der Waals surface area contributed by atoms with Crippen molar-refractivity contribution in [3.63, 3.8) is 0 Å². The van der Waals surface area contributed by atoms with Gasteiger partial charge in [-0.25, -0.2) is 0 Å². The second-order valence-corrected chi connectivity index (χ2v) is 27.3. The number of hydrogen-bond donors (Lipinski definition) is 0. The Kier molecular flexibility index (Phi) is 12.9. The van der Waals surface area contributed by atoms with Crippen LogP contribution in [0.4, 0.5) is 34.1 Å². The molecule has 3 heterocycles. The Morgan fingerprint density at radius 1 is 0.295 bits per heavy atom. The van der Waals surface area contributed by atoms with Gasteiger partial charge < -0.3 is 14.5 Å². The standard InChI is InChI=1S/C89H55ClN2OS2/c90-63-43-47-77-74(52-63)75-53-67(91(66-44-42-57-22-10-11-25-61(57)50-66)68-54-73(87-76(55-68)71-30-12-16-36-83(71)94-87)60-40-38-58(39-41-60)56-20-4-1-5-21-56)45-48-78(75)89(77)79-33-14-15-35-82(79)93-86-69(32-19-34-80(86)89)62-26-18-29-65(51-62)92(64-27-8-3-9-28-64)81-49-46-70(59-23-6-2-7-24-59)88-85(81)72-31-13-17-37-84(72)95-88/h1-55H. The smallest absolute Gasteiger partial charge is 0.140 e. The molecule has 3 nitrogen and oxygen atoms in total. The zero-order valence-corrected chi connectivity index (χ0v) is 53.6. The highest BCUT2D eigenvalue weighted by Crippen LogP contribution is 2.64. The summed E-state index contributed by atoms with van der Waals surface area (Å²) in [5.74, 6) is 1.64. The minimum Gasteiger partial charge on any atom is -0.456 e. The third-order valence-corrected chi connectivity index (χ3v) is 22.2. The van der Waals surface area contributed by atoms with E-state index in [1.807, 2.05) is 22.7 Å². The predicted molar refractivity (Wildman–Crippen MR) is 403 cm³/mol. The number of anilines is 6. The number of benzene rings is 15. The first kappa shape index (κ1) is 55.3. The maximum atomic E-state index is 7.43. The van der Waals surface area contributed by atoms with Gasteiger partial charge in [0.25, 0.3) is 0 Å². The Morgan fingerprint density at radius 3 is 1.68 bits per heavy atom. The van der Waals surface area contributed by atoms with Gasteiger partial charge in [0.1, 0.15) is 11.5 Å². The Labute approximate surface area is 563 Å². The minimum absolute atomic E-state index is 0.679. The van der Waals surface area contributed by atoms with E-state index >= 15 is 0 Å². The summed E-state index contributed by atoms with van der Waals surface area (Å²) in [4.78, 5) is 4.90. The fourth-order valence-electron chi connectivity index (χ4n) is 15.4. The number of rotatable bonds is 10. The molecule has 0 bridgehead atoms. The van der Waals surface area contributed by atoms with Gasteiger partial charge >= 0.3 is 0 Å². The number of ether oxygens (including phenoxy) is 1. The molecule has 1 unspecified atom stereocenters. The van der Waals surface area contributed by atoms with Gasteiger partial charge in [0, 0.05) is 96.1 Å². The van der Waals surface area contributed by atoms with E-state index in [-0.39, 0.29) is 0 Å². The first-order valence-corrected chi connectivity index (χ1v) is 34.2. The van der Waals surface area contributed by atoms with Crippen LogP contribution in [0.25, 0.3) is 107 Å². The van der Waals surface area contributed by atoms with E-state index in [0.717, 1.165) is 84.6 Å². The first-order chi connectivity index (χ1) is 47.0. The largest absolute Gasteiger partial charge is 0.456 e. The lowest BCUT2D eigenvalue weighted by Gasteiger charge is -2.40. The van der Waals surface area contributed by atoms with Gasteiger partial charge in [0.15, 0.2) is 0 Å². The van der Waals surface area contributed by atoms with Crippen molar-refractivity contribution in [1.29, 1.82) is 0 Å². The molecule has 2 aliphatic rings. The molecule has 0 saturated heterocycles. The van der Waals surface area contributed by atoms with E-state index < -0.39 is 5.41 Å². The molecule has 1 spiro atoms. The molecule has 1 atom stereocenters. The molecule has 446 valence electrons. The van der Waals surface area contributed by atoms with Crippen LogP contribution in [0.15, 0.2) is 334 Å². The van der Waals surface area contributed by atoms with Gasteiger partial charge in [-0.1, -0.05) is 248 Å². The minimum atomic E-state index is -0.796. The van der Waals surface area contributed by atoms with Gasteiger partial charge in [-0.05, 0) is 163 Å². The molecule has 0 amide bonds. The van der Waals surface area contributed by atoms with Gasteiger partial charge in [-0.2, -0.15) is 0 Å². The van der Waals surface area contributed by atoms with Crippen molar-refractivity contribution < 1.29 is 4.74 Å². The summed E-state index contributed by atoms with van der Waals surface area (Å²) in [6.07, 6.45) is 0. The van der Waals surface area contributed by atoms with E-state index in [9.17, 15) is 0 Å². The molecule has 0 N–H and O–H groups in total. The van der Waals surface area contributed by atoms with Crippen molar-refractivity contribution in [2.45, 2.75) is 5.41 Å². The number of hydrogen-bond acceptors (Lipinski definition) is 5. The normalized spacial score (nSPS) is 13.7. The van der Waals surface area contributed by atoms with Crippen molar-refractivity contribution in [2.24, 2.45) is 0 Å². The molecule has 0 fully saturated rings. The van der Waals surface area contributed by atoms with Crippen molar-refractivity contribution in [3.8, 4) is 67.1 Å². The summed E-state index contributed by atoms with van der Waals surface area (Å²) in [5, 5.41) is 7.97. The summed E-state index contributed by atoms with van der Waals surface area (Å²) >= 11 is 11.0. The summed E-state index contributed by atoms with van der Waals surface area (Å²) < 4.78 is 12.5. The number of thiophene rings is 2. The number of halogens is 1. The van der Waals surface area contributed by atoms with E-state index in [1.54, 1.807) is 0 Å². The molecule has 1 aliphatic heterocycles. The zero-order chi connectivity index (χ0) is 62.7. The Hall–Kier alpha value is -11.3. The van der Waals surface area contributed by atoms with Gasteiger partial charge in [-0.15, -0.1) is 22.7 Å². The monoisotopic (exact) mass is 1270 g/mol. The maximum absolute atomic E-state index is 7.43. The highest BCUT2D eigenvalue weighted by molar-refractivity contribution is 7.26. The quantitative estimate of drug-likeness (QED) is 0.136. The second kappa shape index (κ2) is 22.2. The number of fused-ring (bicyclic) bond motifs is 16. The molecule has 1 aliphatic carbocycles. The average molecular weight is 1270 g/mol. The summed E-state index contributed by atoms with van der Waals surface area (Å²) in [6.45, 7) is 0. The number of para-hydroxylation sites is 3. The Bertz CT molecular complexity index is 5920. The zero-order valence-electron chi connectivity index (χ0n) is 51.3. The summed E-state index contributed by atoms with van der Waals surface area (Å²) in [6, 6.07) is 122. The van der Waals surface area contributed by atoms with E-state index in [4.69, 9.17) is 16.3 Å². The third kappa shape index (κ3) is 8.85. The molecule has 6 heteroatoms. The molecule has 2 aromatic heterocycles. The van der Waals surface area contributed by atoms with Gasteiger partial charge in [0.05, 0.1) is 11.1 Å². The van der Waals surface area contributed by atoms with Crippen LogP contribution >= 0.6 is 34.3 Å². The van der Waals surface area contributed by atoms with E-state index in [2.05, 4.69) is 343 Å². The third-order valence-electron chi connectivity index (χ3n) is 19.5. The second-order valence-electron chi connectivity index (χ2n) is 24.8. The van der Waals surface area contributed by atoms with Crippen molar-refractivity contribution in [3.05, 3.63) is 361 Å². The van der Waals surface area contributed by atoms with E-state index in [1.165, 1.54) is 90.1 Å². The maximum Gasteiger partial charge on any atom is 0.140 e. The van der Waals surface area contributed by atoms with Crippen molar-refractivity contribution >= 4 is 120 Å². The van der Waals surface area contributed by atoms with Crippen LogP contribution in [0.2, 0.25) is 5.02 Å². The van der Waals surface area contributed by atoms with Crippen LogP contribution in [-0.2, 0) is 5.41 Å². The predicted octanol–water partition coefficient (Wildman–Crippen LogP) is 26.3. The van der Waals surface area contributed by atoms with Crippen LogP contribution in [0, 0.1) is 0 Å². The Balaban J connectivity index is 0.799. The fraction of sp³-hybridized carbons (Fsp3) is 0.0112. The van der Waals surface area contributed by atoms with E-state index in [0.29, 0.717) is 5.02 Å². The van der Waals surface area contributed by atoms with Crippen LogP contribution < -0.4 is 14.5 Å². The lowest BCUT2D eigenvalue weighted by Crippen LogP contribution is -2.32. The lowest BCUT2D eigenvalue weighted by atomic mass is 9.65. The van der Waals surface area contributed by atoms with Gasteiger partial charge in [-0.3, -0.25) is 0 Å². The molecule has 95 heavy (non-hydrogen) atoms. The first-order valence-electron chi connectivity index (χ1n) is 32.2. The molecule has 15 aromatic carbocycles. The highest BCUT2D eigenvalue weighted by Gasteiger charge is 2.52. The van der Waals surface area contributed by atoms with Crippen LogP contribution in [0.3, 0.4) is 0 Å². The number of nitrogens with zero attached hydrogens (tertiary/aromatic N) is 2. The summed E-state index contributed by atoms with van der Waals surface area (Å²) in [5.41, 5.74) is 21.5. The van der Waals surface area contributed by atoms with Crippen LogP contribution in [-0.4, -0.2) is 0 Å². The SMILES string of the molecule is Clc1ccc2c(c1)-c1cc(N(c3ccc4ccccc4c3)c3cc(-c4ccc(-c5ccccc5)cc4)c4sc5ccccc5c4c3)ccc1C21c2ccccc2Oc2c(-c3cccc(N(c4ccccc4)c4ccc(-c5ccccc5)c5sc6ccccc6c45)c3)cccc21. The topological polar surface area (TPSA) is 15.7 Å². The van der Waals surface area contributed by atoms with Crippen LogP contribution in [0.1, 0.15) is 22.3 Å².